The predicted molar refractivity (Wildman–Crippen MR) is 124 cm³/mol. The lowest BCUT2D eigenvalue weighted by Gasteiger charge is -2.21. The number of benzene rings is 3. The summed E-state index contributed by atoms with van der Waals surface area (Å²) in [7, 11) is 2.63. The summed E-state index contributed by atoms with van der Waals surface area (Å²) in [6.45, 7) is 0. The van der Waals surface area contributed by atoms with E-state index in [1.54, 1.807) is 30.3 Å². The molecule has 1 atom stereocenters. The molecule has 0 fully saturated rings. The molecule has 3 aromatic carbocycles. The fourth-order valence-electron chi connectivity index (χ4n) is 3.96. The number of esters is 1. The zero-order valence-corrected chi connectivity index (χ0v) is 18.4. The molecule has 0 saturated carbocycles. The van der Waals surface area contributed by atoms with Crippen LogP contribution in [-0.2, 0) is 9.53 Å². The summed E-state index contributed by atoms with van der Waals surface area (Å²) in [5, 5.41) is 31.5. The lowest BCUT2D eigenvalue weighted by molar-refractivity contribution is -0.140. The van der Waals surface area contributed by atoms with Gasteiger partial charge in [-0.05, 0) is 17.7 Å². The quantitative estimate of drug-likeness (QED) is 0.363. The Morgan fingerprint density at radius 1 is 0.941 bits per heavy atom. The number of carbonyl (C=O) groups excluding carboxylic acids is 1. The standard InChI is InChI=1S/C26H22O8/c1-32-21-9-8-15(10-17(21)27)16(11-23(31)33-2)24-18(28)12-19(29)25-20(30)13-22(34-26(24)25)14-6-4-3-5-7-14/h3-10,12-13,16,27-29H,11H2,1-2H3/t16-/m1/s1. The predicted octanol–water partition coefficient (Wildman–Crippen LogP) is 4.28. The van der Waals surface area contributed by atoms with Crippen LogP contribution in [0.1, 0.15) is 23.5 Å². The van der Waals surface area contributed by atoms with Crippen molar-refractivity contribution in [3.63, 3.8) is 0 Å². The molecule has 0 aliphatic carbocycles. The molecule has 0 spiro atoms. The molecule has 1 heterocycles. The fourth-order valence-corrected chi connectivity index (χ4v) is 3.96. The molecule has 4 aromatic rings. The SMILES string of the molecule is COC(=O)C[C@H](c1ccc(OC)c(O)c1)c1c(O)cc(O)c2c(=O)cc(-c3ccccc3)oc12. The Morgan fingerprint density at radius 3 is 2.32 bits per heavy atom. The second kappa shape index (κ2) is 9.19. The molecule has 0 saturated heterocycles. The number of methoxy groups -OCH3 is 2. The van der Waals surface area contributed by atoms with Crippen molar-refractivity contribution in [1.82, 2.24) is 0 Å². The third-order valence-electron chi connectivity index (χ3n) is 5.61. The van der Waals surface area contributed by atoms with Crippen LogP contribution in [0.15, 0.2) is 69.9 Å². The maximum Gasteiger partial charge on any atom is 0.306 e. The van der Waals surface area contributed by atoms with Crippen LogP contribution in [0.4, 0.5) is 0 Å². The van der Waals surface area contributed by atoms with E-state index in [1.165, 1.54) is 32.4 Å². The average Bonchev–Trinajstić information content (AvgIpc) is 2.83. The van der Waals surface area contributed by atoms with E-state index in [9.17, 15) is 24.9 Å². The van der Waals surface area contributed by atoms with E-state index >= 15 is 0 Å². The molecule has 8 nitrogen and oxygen atoms in total. The number of fused-ring (bicyclic) bond motifs is 1. The van der Waals surface area contributed by atoms with Gasteiger partial charge in [-0.1, -0.05) is 36.4 Å². The first-order chi connectivity index (χ1) is 16.3. The highest BCUT2D eigenvalue weighted by atomic mass is 16.5. The second-order valence-corrected chi connectivity index (χ2v) is 7.64. The van der Waals surface area contributed by atoms with Crippen LogP contribution in [0.5, 0.6) is 23.0 Å². The number of ether oxygens (including phenoxy) is 2. The van der Waals surface area contributed by atoms with Gasteiger partial charge in [0, 0.05) is 29.2 Å². The van der Waals surface area contributed by atoms with Crippen molar-refractivity contribution in [2.45, 2.75) is 12.3 Å². The van der Waals surface area contributed by atoms with Gasteiger partial charge in [-0.2, -0.15) is 0 Å². The van der Waals surface area contributed by atoms with E-state index in [1.807, 2.05) is 6.07 Å². The topological polar surface area (TPSA) is 126 Å². The van der Waals surface area contributed by atoms with Crippen LogP contribution in [0, 0.1) is 0 Å². The second-order valence-electron chi connectivity index (χ2n) is 7.64. The van der Waals surface area contributed by atoms with E-state index in [0.29, 0.717) is 11.1 Å². The highest BCUT2D eigenvalue weighted by molar-refractivity contribution is 5.90. The molecule has 174 valence electrons. The molecule has 0 aliphatic heterocycles. The molecule has 4 rings (SSSR count). The van der Waals surface area contributed by atoms with E-state index in [-0.39, 0.29) is 46.0 Å². The highest BCUT2D eigenvalue weighted by Crippen LogP contribution is 2.44. The van der Waals surface area contributed by atoms with E-state index in [0.717, 1.165) is 6.07 Å². The highest BCUT2D eigenvalue weighted by Gasteiger charge is 2.29. The van der Waals surface area contributed by atoms with Crippen molar-refractivity contribution in [3.05, 3.63) is 82.0 Å². The van der Waals surface area contributed by atoms with Crippen LogP contribution in [0.3, 0.4) is 0 Å². The van der Waals surface area contributed by atoms with E-state index < -0.39 is 23.1 Å². The molecule has 0 unspecified atom stereocenters. The fraction of sp³-hybridized carbons (Fsp3) is 0.154. The van der Waals surface area contributed by atoms with Crippen molar-refractivity contribution in [2.75, 3.05) is 14.2 Å². The summed E-state index contributed by atoms with van der Waals surface area (Å²) in [5.74, 6) is -2.06. The average molecular weight is 462 g/mol. The van der Waals surface area contributed by atoms with Crippen LogP contribution in [-0.4, -0.2) is 35.5 Å². The van der Waals surface area contributed by atoms with Crippen molar-refractivity contribution in [3.8, 4) is 34.3 Å². The summed E-state index contributed by atoms with van der Waals surface area (Å²) < 4.78 is 16.0. The Hall–Kier alpha value is -4.46. The van der Waals surface area contributed by atoms with Gasteiger partial charge in [0.15, 0.2) is 16.9 Å². The molecule has 0 amide bonds. The maximum atomic E-state index is 13.0. The molecular weight excluding hydrogens is 440 g/mol. The number of aromatic hydroxyl groups is 3. The summed E-state index contributed by atoms with van der Waals surface area (Å²) in [5.41, 5.74) is 0.541. The van der Waals surface area contributed by atoms with Gasteiger partial charge < -0.3 is 29.2 Å². The number of rotatable bonds is 6. The van der Waals surface area contributed by atoms with Gasteiger partial charge in [0.25, 0.3) is 0 Å². The van der Waals surface area contributed by atoms with Gasteiger partial charge in [-0.3, -0.25) is 9.59 Å². The van der Waals surface area contributed by atoms with Gasteiger partial charge in [0.1, 0.15) is 28.2 Å². The molecular formula is C26H22O8. The number of hydrogen-bond donors (Lipinski definition) is 3. The Bertz CT molecular complexity index is 1420. The van der Waals surface area contributed by atoms with E-state index in [2.05, 4.69) is 0 Å². The smallest absolute Gasteiger partial charge is 0.306 e. The minimum absolute atomic E-state index is 0.0759. The monoisotopic (exact) mass is 462 g/mol. The van der Waals surface area contributed by atoms with Gasteiger partial charge in [0.2, 0.25) is 0 Å². The Balaban J connectivity index is 2.03. The Morgan fingerprint density at radius 2 is 1.68 bits per heavy atom. The molecule has 1 aromatic heterocycles. The first-order valence-corrected chi connectivity index (χ1v) is 10.4. The lowest BCUT2D eigenvalue weighted by atomic mass is 9.86. The molecule has 0 aliphatic rings. The maximum absolute atomic E-state index is 13.0. The first-order valence-electron chi connectivity index (χ1n) is 10.4. The summed E-state index contributed by atoms with van der Waals surface area (Å²) in [4.78, 5) is 25.3. The minimum Gasteiger partial charge on any atom is -0.507 e. The largest absolute Gasteiger partial charge is 0.507 e. The molecule has 8 heteroatoms. The van der Waals surface area contributed by atoms with Crippen molar-refractivity contribution in [1.29, 1.82) is 0 Å². The third-order valence-corrected chi connectivity index (χ3v) is 5.61. The summed E-state index contributed by atoms with van der Waals surface area (Å²) >= 11 is 0. The van der Waals surface area contributed by atoms with Gasteiger partial charge in [-0.25, -0.2) is 0 Å². The molecule has 3 N–H and O–H groups in total. The van der Waals surface area contributed by atoms with Crippen LogP contribution in [0.25, 0.3) is 22.3 Å². The number of hydrogen-bond acceptors (Lipinski definition) is 8. The van der Waals surface area contributed by atoms with Crippen molar-refractivity contribution in [2.24, 2.45) is 0 Å². The molecule has 0 bridgehead atoms. The Labute approximate surface area is 194 Å². The van der Waals surface area contributed by atoms with Crippen LogP contribution in [0.2, 0.25) is 0 Å². The van der Waals surface area contributed by atoms with Crippen LogP contribution >= 0.6 is 0 Å². The third kappa shape index (κ3) is 4.13. The number of phenolic OH excluding ortho intramolecular Hbond substituents is 3. The first kappa shape index (κ1) is 22.7. The zero-order chi connectivity index (χ0) is 24.4. The van der Waals surface area contributed by atoms with E-state index in [4.69, 9.17) is 13.9 Å². The van der Waals surface area contributed by atoms with Crippen molar-refractivity contribution >= 4 is 16.9 Å². The van der Waals surface area contributed by atoms with Gasteiger partial charge in [-0.15, -0.1) is 0 Å². The van der Waals surface area contributed by atoms with Gasteiger partial charge >= 0.3 is 5.97 Å². The number of carbonyl (C=O) groups is 1. The minimum atomic E-state index is -0.887. The zero-order valence-electron chi connectivity index (χ0n) is 18.4. The summed E-state index contributed by atoms with van der Waals surface area (Å²) in [6.07, 6.45) is -0.241. The lowest BCUT2D eigenvalue weighted by Crippen LogP contribution is -2.12. The molecule has 34 heavy (non-hydrogen) atoms. The normalized spacial score (nSPS) is 11.8. The molecule has 0 radical (unpaired) electrons. The van der Waals surface area contributed by atoms with Gasteiger partial charge in [0.05, 0.1) is 20.6 Å². The summed E-state index contributed by atoms with van der Waals surface area (Å²) in [6, 6.07) is 15.7. The van der Waals surface area contributed by atoms with Crippen molar-refractivity contribution < 1.29 is 34.0 Å². The van der Waals surface area contributed by atoms with Crippen LogP contribution < -0.4 is 10.2 Å². The number of phenols is 3. The Kier molecular flexibility index (Phi) is 6.14.